The Morgan fingerprint density at radius 2 is 1.83 bits per heavy atom. The summed E-state index contributed by atoms with van der Waals surface area (Å²) < 4.78 is 0. The Morgan fingerprint density at radius 3 is 2.33 bits per heavy atom. The van der Waals surface area contributed by atoms with Crippen molar-refractivity contribution in [3.8, 4) is 0 Å². The number of nitrogens with one attached hydrogen (secondary N) is 2. The van der Waals surface area contributed by atoms with Gasteiger partial charge < -0.3 is 10.6 Å². The Labute approximate surface area is 73.3 Å². The minimum absolute atomic E-state index is 0.804. The molecule has 1 aromatic rings. The van der Waals surface area contributed by atoms with E-state index in [1.165, 1.54) is 0 Å². The van der Waals surface area contributed by atoms with E-state index in [1.807, 2.05) is 37.4 Å². The summed E-state index contributed by atoms with van der Waals surface area (Å²) in [5.74, 6) is 0. The van der Waals surface area contributed by atoms with Crippen LogP contribution < -0.4 is 10.6 Å². The summed E-state index contributed by atoms with van der Waals surface area (Å²) in [7, 11) is 1.91. The molecule has 0 spiro atoms. The van der Waals surface area contributed by atoms with Gasteiger partial charge in [-0.2, -0.15) is 0 Å². The van der Waals surface area contributed by atoms with Crippen LogP contribution in [0.25, 0.3) is 0 Å². The molecule has 0 fully saturated rings. The third kappa shape index (κ3) is 2.31. The molecule has 0 aliphatic heterocycles. The summed E-state index contributed by atoms with van der Waals surface area (Å²) in [4.78, 5) is 0. The van der Waals surface area contributed by atoms with E-state index < -0.39 is 0 Å². The Hall–Kier alpha value is -1.44. The van der Waals surface area contributed by atoms with E-state index in [4.69, 9.17) is 0 Å². The van der Waals surface area contributed by atoms with Crippen LogP contribution in [0.2, 0.25) is 0 Å². The number of hydrogen-bond donors (Lipinski definition) is 2. The van der Waals surface area contributed by atoms with Gasteiger partial charge in [-0.3, -0.25) is 0 Å². The fourth-order valence-electron chi connectivity index (χ4n) is 0.945. The summed E-state index contributed by atoms with van der Waals surface area (Å²) in [6.45, 7) is 4.44. The summed E-state index contributed by atoms with van der Waals surface area (Å²) >= 11 is 0. The van der Waals surface area contributed by atoms with Crippen LogP contribution in [-0.4, -0.2) is 13.6 Å². The maximum atomic E-state index is 3.63. The number of rotatable bonds is 4. The highest BCUT2D eigenvalue weighted by molar-refractivity contribution is 5.53. The summed E-state index contributed by atoms with van der Waals surface area (Å²) in [6, 6.07) is 8.14. The van der Waals surface area contributed by atoms with Gasteiger partial charge in [0, 0.05) is 25.0 Å². The zero-order valence-electron chi connectivity index (χ0n) is 7.30. The van der Waals surface area contributed by atoms with Crippen molar-refractivity contribution in [2.45, 2.75) is 0 Å². The Kier molecular flexibility index (Phi) is 3.20. The largest absolute Gasteiger partial charge is 0.388 e. The van der Waals surface area contributed by atoms with Gasteiger partial charge in [0.1, 0.15) is 0 Å². The van der Waals surface area contributed by atoms with Gasteiger partial charge in [0.15, 0.2) is 0 Å². The van der Waals surface area contributed by atoms with Crippen LogP contribution in [0.15, 0.2) is 36.9 Å². The molecule has 0 bridgehead atoms. The first-order valence-electron chi connectivity index (χ1n) is 3.99. The van der Waals surface area contributed by atoms with E-state index in [-0.39, 0.29) is 0 Å². The number of anilines is 2. The molecule has 0 aliphatic carbocycles. The lowest BCUT2D eigenvalue weighted by molar-refractivity contribution is 1.34. The molecule has 12 heavy (non-hydrogen) atoms. The van der Waals surface area contributed by atoms with E-state index in [0.717, 1.165) is 17.9 Å². The summed E-state index contributed by atoms with van der Waals surface area (Å²) in [5.41, 5.74) is 2.24. The second kappa shape index (κ2) is 4.44. The molecule has 0 aromatic heterocycles. The predicted molar refractivity (Wildman–Crippen MR) is 54.7 cm³/mol. The SMILES string of the molecule is C=CCNc1ccc(NC)cc1. The minimum Gasteiger partial charge on any atom is -0.388 e. The van der Waals surface area contributed by atoms with Gasteiger partial charge in [-0.15, -0.1) is 6.58 Å². The van der Waals surface area contributed by atoms with Crippen molar-refractivity contribution in [1.82, 2.24) is 0 Å². The molecule has 0 aliphatic rings. The van der Waals surface area contributed by atoms with Gasteiger partial charge >= 0.3 is 0 Å². The molecule has 2 N–H and O–H groups in total. The fraction of sp³-hybridized carbons (Fsp3) is 0.200. The van der Waals surface area contributed by atoms with Crippen LogP contribution in [0.5, 0.6) is 0 Å². The maximum Gasteiger partial charge on any atom is 0.0344 e. The summed E-state index contributed by atoms with van der Waals surface area (Å²) in [5, 5.41) is 6.26. The lowest BCUT2D eigenvalue weighted by Crippen LogP contribution is -1.97. The van der Waals surface area contributed by atoms with E-state index in [1.54, 1.807) is 0 Å². The van der Waals surface area contributed by atoms with Crippen LogP contribution in [-0.2, 0) is 0 Å². The molecule has 2 nitrogen and oxygen atoms in total. The third-order valence-electron chi connectivity index (χ3n) is 1.62. The Morgan fingerprint density at radius 1 is 1.25 bits per heavy atom. The monoisotopic (exact) mass is 162 g/mol. The fourth-order valence-corrected chi connectivity index (χ4v) is 0.945. The second-order valence-corrected chi connectivity index (χ2v) is 2.50. The molecule has 0 heterocycles. The minimum atomic E-state index is 0.804. The van der Waals surface area contributed by atoms with Crippen LogP contribution in [0.1, 0.15) is 0 Å². The van der Waals surface area contributed by atoms with Gasteiger partial charge in [0.05, 0.1) is 0 Å². The van der Waals surface area contributed by atoms with Crippen molar-refractivity contribution >= 4 is 11.4 Å². The van der Waals surface area contributed by atoms with Gasteiger partial charge in [-0.1, -0.05) is 6.08 Å². The van der Waals surface area contributed by atoms with Crippen molar-refractivity contribution in [3.63, 3.8) is 0 Å². The highest BCUT2D eigenvalue weighted by atomic mass is 14.9. The van der Waals surface area contributed by atoms with Crippen LogP contribution in [0.3, 0.4) is 0 Å². The van der Waals surface area contributed by atoms with Gasteiger partial charge in [0.2, 0.25) is 0 Å². The first-order chi connectivity index (χ1) is 5.86. The van der Waals surface area contributed by atoms with Crippen molar-refractivity contribution in [3.05, 3.63) is 36.9 Å². The number of hydrogen-bond acceptors (Lipinski definition) is 2. The average Bonchev–Trinajstić information content (AvgIpc) is 2.15. The van der Waals surface area contributed by atoms with Gasteiger partial charge in [-0.05, 0) is 24.3 Å². The molecule has 0 unspecified atom stereocenters. The molecule has 0 atom stereocenters. The van der Waals surface area contributed by atoms with E-state index in [0.29, 0.717) is 0 Å². The molecule has 0 saturated heterocycles. The molecule has 0 saturated carbocycles. The van der Waals surface area contributed by atoms with E-state index >= 15 is 0 Å². The normalized spacial score (nSPS) is 9.08. The molecule has 2 heteroatoms. The number of benzene rings is 1. The molecular formula is C10H14N2. The second-order valence-electron chi connectivity index (χ2n) is 2.50. The van der Waals surface area contributed by atoms with Crippen molar-refractivity contribution in [2.24, 2.45) is 0 Å². The topological polar surface area (TPSA) is 24.1 Å². The van der Waals surface area contributed by atoms with Crippen LogP contribution in [0.4, 0.5) is 11.4 Å². The molecule has 0 amide bonds. The van der Waals surface area contributed by atoms with Crippen molar-refractivity contribution in [1.29, 1.82) is 0 Å². The molecule has 0 radical (unpaired) electrons. The standard InChI is InChI=1S/C10H14N2/c1-3-8-12-10-6-4-9(11-2)5-7-10/h3-7,11-12H,1,8H2,2H3. The Balaban J connectivity index is 2.58. The van der Waals surface area contributed by atoms with E-state index in [2.05, 4.69) is 17.2 Å². The highest BCUT2D eigenvalue weighted by Crippen LogP contribution is 2.12. The van der Waals surface area contributed by atoms with Gasteiger partial charge in [0.25, 0.3) is 0 Å². The smallest absolute Gasteiger partial charge is 0.0344 e. The van der Waals surface area contributed by atoms with Crippen molar-refractivity contribution in [2.75, 3.05) is 24.2 Å². The molecule has 1 rings (SSSR count). The Bertz CT molecular complexity index is 239. The first kappa shape index (κ1) is 8.65. The maximum absolute atomic E-state index is 3.63. The quantitative estimate of drug-likeness (QED) is 0.664. The lowest BCUT2D eigenvalue weighted by Gasteiger charge is -2.04. The summed E-state index contributed by atoms with van der Waals surface area (Å²) in [6.07, 6.45) is 1.84. The average molecular weight is 162 g/mol. The zero-order valence-corrected chi connectivity index (χ0v) is 7.30. The molecular weight excluding hydrogens is 148 g/mol. The third-order valence-corrected chi connectivity index (χ3v) is 1.62. The van der Waals surface area contributed by atoms with Crippen molar-refractivity contribution < 1.29 is 0 Å². The van der Waals surface area contributed by atoms with E-state index in [9.17, 15) is 0 Å². The first-order valence-corrected chi connectivity index (χ1v) is 3.99. The predicted octanol–water partition coefficient (Wildman–Crippen LogP) is 2.33. The van der Waals surface area contributed by atoms with Crippen LogP contribution in [0, 0.1) is 0 Å². The van der Waals surface area contributed by atoms with Gasteiger partial charge in [-0.25, -0.2) is 0 Å². The zero-order chi connectivity index (χ0) is 8.81. The van der Waals surface area contributed by atoms with Crippen LogP contribution >= 0.6 is 0 Å². The highest BCUT2D eigenvalue weighted by Gasteiger charge is 1.89. The lowest BCUT2D eigenvalue weighted by atomic mass is 10.3. The molecule has 64 valence electrons. The molecule has 1 aromatic carbocycles.